The lowest BCUT2D eigenvalue weighted by atomic mass is 10.0. The summed E-state index contributed by atoms with van der Waals surface area (Å²) in [5, 5.41) is 2.12. The first-order valence-corrected chi connectivity index (χ1v) is 7.46. The number of benzene rings is 1. The second kappa shape index (κ2) is 8.55. The number of alkyl halides is 9. The Hall–Kier alpha value is -2.74. The molecule has 0 aromatic heterocycles. The van der Waals surface area contributed by atoms with E-state index in [4.69, 9.17) is 0 Å². The summed E-state index contributed by atoms with van der Waals surface area (Å²) in [7, 11) is 0. The normalized spacial score (nSPS) is 14.1. The number of ether oxygens (including phenoxy) is 2. The van der Waals surface area contributed by atoms with Crippen LogP contribution >= 0.6 is 0 Å². The van der Waals surface area contributed by atoms with Gasteiger partial charge in [-0.15, -0.1) is 0 Å². The van der Waals surface area contributed by atoms with Crippen molar-refractivity contribution in [3.05, 3.63) is 36.1 Å². The van der Waals surface area contributed by atoms with Gasteiger partial charge in [0.2, 0.25) is 5.83 Å². The summed E-state index contributed by atoms with van der Waals surface area (Å²) in [5.41, 5.74) is -0.0349. The van der Waals surface area contributed by atoms with Gasteiger partial charge in [-0.05, 0) is 31.2 Å². The number of carbonyl (C=O) groups excluding carboxylic acids is 1. The Bertz CT molecular complexity index is 788. The number of rotatable bonds is 7. The zero-order chi connectivity index (χ0) is 23.5. The van der Waals surface area contributed by atoms with Crippen LogP contribution in [-0.4, -0.2) is 36.6 Å². The molecular formula is C15H10F11NO3. The third kappa shape index (κ3) is 4.87. The van der Waals surface area contributed by atoms with E-state index >= 15 is 0 Å². The predicted molar refractivity (Wildman–Crippen MR) is 77.9 cm³/mol. The van der Waals surface area contributed by atoms with Gasteiger partial charge in [0.25, 0.3) is 0 Å². The molecule has 0 aliphatic rings. The van der Waals surface area contributed by atoms with E-state index in [-0.39, 0.29) is 12.3 Å². The molecule has 0 spiro atoms. The summed E-state index contributed by atoms with van der Waals surface area (Å²) in [5.74, 6) is -26.6. The highest BCUT2D eigenvalue weighted by Gasteiger charge is 2.83. The zero-order valence-corrected chi connectivity index (χ0v) is 14.4. The highest BCUT2D eigenvalue weighted by atomic mass is 19.4. The van der Waals surface area contributed by atoms with E-state index in [0.29, 0.717) is 12.1 Å². The van der Waals surface area contributed by atoms with Gasteiger partial charge in [0.1, 0.15) is 5.75 Å². The molecule has 0 saturated carbocycles. The average molecular weight is 461 g/mol. The van der Waals surface area contributed by atoms with E-state index < -0.39 is 47.6 Å². The van der Waals surface area contributed by atoms with Crippen molar-refractivity contribution in [2.45, 2.75) is 30.9 Å². The third-order valence-electron chi connectivity index (χ3n) is 3.18. The van der Waals surface area contributed by atoms with Crippen LogP contribution in [0.3, 0.4) is 0 Å². The molecule has 1 aromatic carbocycles. The summed E-state index contributed by atoms with van der Waals surface area (Å²) >= 11 is 0. The molecule has 4 nitrogen and oxygen atoms in total. The maximum absolute atomic E-state index is 13.5. The lowest BCUT2D eigenvalue weighted by molar-refractivity contribution is -0.392. The fourth-order valence-corrected chi connectivity index (χ4v) is 1.68. The topological polar surface area (TPSA) is 47.6 Å². The van der Waals surface area contributed by atoms with E-state index in [2.05, 4.69) is 14.8 Å². The molecular weight excluding hydrogens is 451 g/mol. The fourth-order valence-electron chi connectivity index (χ4n) is 1.68. The number of amides is 1. The van der Waals surface area contributed by atoms with E-state index in [1.807, 2.05) is 0 Å². The number of hydrogen-bond acceptors (Lipinski definition) is 3. The Labute approximate surface area is 160 Å². The summed E-state index contributed by atoms with van der Waals surface area (Å²) in [6.07, 6.45) is -8.13. The molecule has 1 aromatic rings. The highest BCUT2D eigenvalue weighted by Crippen LogP contribution is 2.55. The summed E-state index contributed by atoms with van der Waals surface area (Å²) in [6.45, 7) is 1.47. The standard InChI is InChI=1S/C15H10F11NO3/c1-2-29-11(28)27-7-3-5-8(6-4-7)30-10(17)9(16)12(18,19)13(20,21)14(22,23)15(24,25)26/h3-6H,2H2,1H3,(H,27,28). The first-order valence-electron chi connectivity index (χ1n) is 7.46. The second-order valence-corrected chi connectivity index (χ2v) is 5.28. The lowest BCUT2D eigenvalue weighted by Crippen LogP contribution is -2.61. The van der Waals surface area contributed by atoms with Gasteiger partial charge in [0.15, 0.2) is 0 Å². The SMILES string of the molecule is CCOC(=O)Nc1ccc(OC(F)=C(F)C(F)(F)C(F)(F)C(F)(F)C(F)(F)F)cc1. The van der Waals surface area contributed by atoms with Crippen LogP contribution < -0.4 is 10.1 Å². The van der Waals surface area contributed by atoms with Crippen LogP contribution in [0.25, 0.3) is 0 Å². The monoisotopic (exact) mass is 461 g/mol. The Morgan fingerprint density at radius 3 is 1.83 bits per heavy atom. The molecule has 0 saturated heterocycles. The average Bonchev–Trinajstić information content (AvgIpc) is 2.61. The highest BCUT2D eigenvalue weighted by molar-refractivity contribution is 5.84. The van der Waals surface area contributed by atoms with Crippen molar-refractivity contribution in [3.8, 4) is 5.75 Å². The molecule has 170 valence electrons. The Morgan fingerprint density at radius 1 is 0.900 bits per heavy atom. The minimum Gasteiger partial charge on any atom is -0.450 e. The Kier molecular flexibility index (Phi) is 7.21. The van der Waals surface area contributed by atoms with Crippen molar-refractivity contribution in [3.63, 3.8) is 0 Å². The minimum absolute atomic E-state index is 0.00542. The number of hydrogen-bond donors (Lipinski definition) is 1. The first kappa shape index (κ1) is 25.3. The van der Waals surface area contributed by atoms with Crippen LogP contribution in [0, 0.1) is 0 Å². The van der Waals surface area contributed by atoms with E-state index in [9.17, 15) is 53.1 Å². The van der Waals surface area contributed by atoms with Crippen molar-refractivity contribution in [1.29, 1.82) is 0 Å². The van der Waals surface area contributed by atoms with Crippen LogP contribution in [0.2, 0.25) is 0 Å². The van der Waals surface area contributed by atoms with Gasteiger partial charge >= 0.3 is 36.1 Å². The quantitative estimate of drug-likeness (QED) is 0.388. The molecule has 15 heteroatoms. The van der Waals surface area contributed by atoms with E-state index in [1.54, 1.807) is 0 Å². The molecule has 0 heterocycles. The largest absolute Gasteiger partial charge is 0.460 e. The van der Waals surface area contributed by atoms with Gasteiger partial charge in [-0.3, -0.25) is 5.32 Å². The maximum Gasteiger partial charge on any atom is 0.460 e. The predicted octanol–water partition coefficient (Wildman–Crippen LogP) is 6.21. The van der Waals surface area contributed by atoms with Crippen molar-refractivity contribution in [2.75, 3.05) is 11.9 Å². The number of allylic oxidation sites excluding steroid dienone is 1. The lowest BCUT2D eigenvalue weighted by Gasteiger charge is -2.32. The van der Waals surface area contributed by atoms with Gasteiger partial charge in [-0.2, -0.15) is 48.3 Å². The van der Waals surface area contributed by atoms with Crippen molar-refractivity contribution < 1.29 is 62.6 Å². The number of anilines is 1. The van der Waals surface area contributed by atoms with E-state index in [0.717, 1.165) is 12.1 Å². The molecule has 0 unspecified atom stereocenters. The molecule has 1 rings (SSSR count). The van der Waals surface area contributed by atoms with Crippen molar-refractivity contribution in [2.24, 2.45) is 0 Å². The summed E-state index contributed by atoms with van der Waals surface area (Å²) in [6, 6.07) is 0.0253. The minimum atomic E-state index is -7.40. The number of halogens is 11. The Balaban J connectivity index is 3.11. The molecule has 0 radical (unpaired) electrons. The number of nitrogens with one attached hydrogen (secondary N) is 1. The maximum atomic E-state index is 13.5. The molecule has 1 amide bonds. The molecule has 30 heavy (non-hydrogen) atoms. The molecule has 1 N–H and O–H groups in total. The first-order chi connectivity index (χ1) is 13.5. The van der Waals surface area contributed by atoms with Gasteiger partial charge in [0, 0.05) is 5.69 Å². The molecule has 0 atom stereocenters. The van der Waals surface area contributed by atoms with Crippen LogP contribution in [0.15, 0.2) is 36.1 Å². The smallest absolute Gasteiger partial charge is 0.450 e. The van der Waals surface area contributed by atoms with E-state index in [1.165, 1.54) is 6.92 Å². The van der Waals surface area contributed by atoms with Crippen LogP contribution in [0.1, 0.15) is 6.92 Å². The van der Waals surface area contributed by atoms with Gasteiger partial charge in [0.05, 0.1) is 6.61 Å². The summed E-state index contributed by atoms with van der Waals surface area (Å²) in [4.78, 5) is 11.1. The number of carbonyl (C=O) groups is 1. The van der Waals surface area contributed by atoms with Crippen LogP contribution in [0.5, 0.6) is 5.75 Å². The molecule has 0 fully saturated rings. The molecule has 0 bridgehead atoms. The van der Waals surface area contributed by atoms with Crippen LogP contribution in [-0.2, 0) is 4.74 Å². The third-order valence-corrected chi connectivity index (χ3v) is 3.18. The fraction of sp³-hybridized carbons (Fsp3) is 0.400. The molecule has 0 aliphatic carbocycles. The van der Waals surface area contributed by atoms with Crippen LogP contribution in [0.4, 0.5) is 58.8 Å². The Morgan fingerprint density at radius 2 is 1.40 bits per heavy atom. The van der Waals surface area contributed by atoms with Gasteiger partial charge < -0.3 is 9.47 Å². The van der Waals surface area contributed by atoms with Crippen molar-refractivity contribution >= 4 is 11.8 Å². The van der Waals surface area contributed by atoms with Gasteiger partial charge in [-0.1, -0.05) is 0 Å². The van der Waals surface area contributed by atoms with Gasteiger partial charge in [-0.25, -0.2) is 4.79 Å². The molecule has 0 aliphatic heterocycles. The summed E-state index contributed by atoms with van der Waals surface area (Å²) < 4.78 is 149. The van der Waals surface area contributed by atoms with Crippen molar-refractivity contribution in [1.82, 2.24) is 0 Å². The zero-order valence-electron chi connectivity index (χ0n) is 14.4. The second-order valence-electron chi connectivity index (χ2n) is 5.28.